The van der Waals surface area contributed by atoms with Crippen molar-refractivity contribution < 1.29 is 9.53 Å². The third-order valence-corrected chi connectivity index (χ3v) is 3.20. The summed E-state index contributed by atoms with van der Waals surface area (Å²) in [6, 6.07) is 5.74. The van der Waals surface area contributed by atoms with Gasteiger partial charge in [0.05, 0.1) is 11.6 Å². The average Bonchev–Trinajstić information content (AvgIpc) is 2.30. The molecule has 0 fully saturated rings. The van der Waals surface area contributed by atoms with Crippen LogP contribution in [0.5, 0.6) is 0 Å². The minimum atomic E-state index is -0.919. The highest BCUT2D eigenvalue weighted by atomic mass is 32.2. The van der Waals surface area contributed by atoms with Gasteiger partial charge in [0.15, 0.2) is 0 Å². The van der Waals surface area contributed by atoms with Crippen molar-refractivity contribution in [3.63, 3.8) is 0 Å². The number of aromatic nitrogens is 1. The van der Waals surface area contributed by atoms with Gasteiger partial charge >= 0.3 is 5.97 Å². The van der Waals surface area contributed by atoms with Crippen LogP contribution in [-0.4, -0.2) is 28.9 Å². The maximum Gasteiger partial charge on any atom is 0.325 e. The number of esters is 1. The minimum Gasteiger partial charge on any atom is -0.465 e. The second-order valence-electron chi connectivity index (χ2n) is 3.90. The standard InChI is InChI=1S/C12H18N2O2S/c1-3-16-11(15)12(2,13)7-9-17-10-6-4-5-8-14-10/h4-6,8H,3,7,9,13H2,1-2H3. The van der Waals surface area contributed by atoms with E-state index in [1.807, 2.05) is 18.2 Å². The van der Waals surface area contributed by atoms with Gasteiger partial charge in [-0.15, -0.1) is 11.8 Å². The van der Waals surface area contributed by atoms with Crippen LogP contribution in [-0.2, 0) is 9.53 Å². The summed E-state index contributed by atoms with van der Waals surface area (Å²) in [5, 5.41) is 0.937. The Bertz CT molecular complexity index is 355. The first-order valence-corrected chi connectivity index (χ1v) is 6.55. The molecule has 94 valence electrons. The zero-order chi connectivity index (χ0) is 12.7. The number of pyridine rings is 1. The summed E-state index contributed by atoms with van der Waals surface area (Å²) < 4.78 is 4.92. The molecule has 0 aromatic carbocycles. The summed E-state index contributed by atoms with van der Waals surface area (Å²) >= 11 is 1.58. The second-order valence-corrected chi connectivity index (χ2v) is 5.02. The van der Waals surface area contributed by atoms with E-state index in [0.29, 0.717) is 13.0 Å². The maximum absolute atomic E-state index is 11.5. The molecule has 0 aliphatic carbocycles. The fourth-order valence-corrected chi connectivity index (χ4v) is 2.24. The van der Waals surface area contributed by atoms with Crippen LogP contribution in [0.25, 0.3) is 0 Å². The second kappa shape index (κ2) is 6.61. The topological polar surface area (TPSA) is 65.2 Å². The molecule has 0 spiro atoms. The van der Waals surface area contributed by atoms with Crippen molar-refractivity contribution in [2.24, 2.45) is 5.73 Å². The molecule has 1 heterocycles. The Balaban J connectivity index is 2.37. The Morgan fingerprint density at radius 2 is 2.35 bits per heavy atom. The van der Waals surface area contributed by atoms with Gasteiger partial charge in [0, 0.05) is 11.9 Å². The van der Waals surface area contributed by atoms with E-state index in [-0.39, 0.29) is 5.97 Å². The Kier molecular flexibility index (Phi) is 5.44. The molecule has 17 heavy (non-hydrogen) atoms. The van der Waals surface area contributed by atoms with E-state index in [9.17, 15) is 4.79 Å². The van der Waals surface area contributed by atoms with Gasteiger partial charge < -0.3 is 10.5 Å². The van der Waals surface area contributed by atoms with Gasteiger partial charge in [-0.1, -0.05) is 6.07 Å². The molecule has 4 nitrogen and oxygen atoms in total. The molecule has 5 heteroatoms. The summed E-state index contributed by atoms with van der Waals surface area (Å²) in [5.41, 5.74) is 4.98. The Labute approximate surface area is 106 Å². The van der Waals surface area contributed by atoms with Crippen molar-refractivity contribution in [3.8, 4) is 0 Å². The quantitative estimate of drug-likeness (QED) is 0.620. The Hall–Kier alpha value is -1.07. The molecule has 1 unspecified atom stereocenters. The summed E-state index contributed by atoms with van der Waals surface area (Å²) in [4.78, 5) is 15.7. The highest BCUT2D eigenvalue weighted by Crippen LogP contribution is 2.19. The normalized spacial score (nSPS) is 14.1. The van der Waals surface area contributed by atoms with Crippen molar-refractivity contribution in [3.05, 3.63) is 24.4 Å². The Morgan fingerprint density at radius 3 is 2.94 bits per heavy atom. The molecule has 1 atom stereocenters. The molecule has 0 radical (unpaired) electrons. The first-order valence-electron chi connectivity index (χ1n) is 5.56. The van der Waals surface area contributed by atoms with Gasteiger partial charge in [-0.3, -0.25) is 4.79 Å². The molecule has 0 aliphatic heterocycles. The van der Waals surface area contributed by atoms with Crippen molar-refractivity contribution in [2.75, 3.05) is 12.4 Å². The number of carbonyl (C=O) groups is 1. The number of carbonyl (C=O) groups excluding carboxylic acids is 1. The van der Waals surface area contributed by atoms with Crippen LogP contribution in [0.1, 0.15) is 20.3 Å². The molecular formula is C12H18N2O2S. The van der Waals surface area contributed by atoms with Crippen LogP contribution in [0.3, 0.4) is 0 Å². The van der Waals surface area contributed by atoms with Crippen LogP contribution in [0, 0.1) is 0 Å². The van der Waals surface area contributed by atoms with E-state index < -0.39 is 5.54 Å². The summed E-state index contributed by atoms with van der Waals surface area (Å²) in [7, 11) is 0. The van der Waals surface area contributed by atoms with E-state index in [4.69, 9.17) is 10.5 Å². The van der Waals surface area contributed by atoms with Crippen molar-refractivity contribution >= 4 is 17.7 Å². The molecule has 0 bridgehead atoms. The van der Waals surface area contributed by atoms with Crippen LogP contribution in [0.4, 0.5) is 0 Å². The lowest BCUT2D eigenvalue weighted by Gasteiger charge is -2.21. The zero-order valence-electron chi connectivity index (χ0n) is 10.2. The number of hydrogen-bond donors (Lipinski definition) is 1. The summed E-state index contributed by atoms with van der Waals surface area (Å²) in [6.07, 6.45) is 2.31. The maximum atomic E-state index is 11.5. The number of nitrogens with zero attached hydrogens (tertiary/aromatic N) is 1. The number of thioether (sulfide) groups is 1. The van der Waals surface area contributed by atoms with Crippen LogP contribution in [0.2, 0.25) is 0 Å². The fraction of sp³-hybridized carbons (Fsp3) is 0.500. The lowest BCUT2D eigenvalue weighted by Crippen LogP contribution is -2.46. The molecule has 0 saturated heterocycles. The van der Waals surface area contributed by atoms with E-state index in [1.54, 1.807) is 31.8 Å². The Morgan fingerprint density at radius 1 is 1.59 bits per heavy atom. The lowest BCUT2D eigenvalue weighted by molar-refractivity contribution is -0.149. The summed E-state index contributed by atoms with van der Waals surface area (Å²) in [5.74, 6) is 0.393. The van der Waals surface area contributed by atoms with E-state index in [0.717, 1.165) is 10.8 Å². The molecule has 0 amide bonds. The number of ether oxygens (including phenoxy) is 1. The highest BCUT2D eigenvalue weighted by Gasteiger charge is 2.29. The van der Waals surface area contributed by atoms with Gasteiger partial charge in [0.1, 0.15) is 5.54 Å². The van der Waals surface area contributed by atoms with Crippen LogP contribution < -0.4 is 5.73 Å². The minimum absolute atomic E-state index is 0.346. The van der Waals surface area contributed by atoms with Gasteiger partial charge in [-0.05, 0) is 32.4 Å². The molecule has 0 aliphatic rings. The van der Waals surface area contributed by atoms with E-state index >= 15 is 0 Å². The van der Waals surface area contributed by atoms with E-state index in [1.165, 1.54) is 0 Å². The highest BCUT2D eigenvalue weighted by molar-refractivity contribution is 7.99. The SMILES string of the molecule is CCOC(=O)C(C)(N)CCSc1ccccn1. The predicted octanol–water partition coefficient (Wildman–Crippen LogP) is 1.84. The van der Waals surface area contributed by atoms with Crippen molar-refractivity contribution in [1.29, 1.82) is 0 Å². The van der Waals surface area contributed by atoms with Gasteiger partial charge in [0.25, 0.3) is 0 Å². The molecule has 0 saturated carbocycles. The molecule has 1 aromatic rings. The fourth-order valence-electron chi connectivity index (χ4n) is 1.20. The zero-order valence-corrected chi connectivity index (χ0v) is 11.0. The van der Waals surface area contributed by atoms with E-state index in [2.05, 4.69) is 4.98 Å². The summed E-state index contributed by atoms with van der Waals surface area (Å²) in [6.45, 7) is 3.83. The third kappa shape index (κ3) is 4.75. The molecule has 2 N–H and O–H groups in total. The number of rotatable bonds is 6. The predicted molar refractivity (Wildman–Crippen MR) is 68.8 cm³/mol. The lowest BCUT2D eigenvalue weighted by atomic mass is 10.0. The first kappa shape index (κ1) is 14.0. The number of hydrogen-bond acceptors (Lipinski definition) is 5. The monoisotopic (exact) mass is 254 g/mol. The van der Waals surface area contributed by atoms with Crippen LogP contribution in [0.15, 0.2) is 29.4 Å². The number of nitrogens with two attached hydrogens (primary N) is 1. The van der Waals surface area contributed by atoms with Gasteiger partial charge in [-0.2, -0.15) is 0 Å². The van der Waals surface area contributed by atoms with Gasteiger partial charge in [-0.25, -0.2) is 4.98 Å². The largest absolute Gasteiger partial charge is 0.465 e. The van der Waals surface area contributed by atoms with Gasteiger partial charge in [0.2, 0.25) is 0 Å². The first-order chi connectivity index (χ1) is 8.06. The molecule has 1 aromatic heterocycles. The average molecular weight is 254 g/mol. The molecule has 1 rings (SSSR count). The smallest absolute Gasteiger partial charge is 0.325 e. The molecular weight excluding hydrogens is 236 g/mol. The van der Waals surface area contributed by atoms with Crippen molar-refractivity contribution in [2.45, 2.75) is 30.8 Å². The van der Waals surface area contributed by atoms with Crippen LogP contribution >= 0.6 is 11.8 Å². The third-order valence-electron chi connectivity index (χ3n) is 2.25. The van der Waals surface area contributed by atoms with Crippen molar-refractivity contribution in [1.82, 2.24) is 4.98 Å².